The fourth-order valence-corrected chi connectivity index (χ4v) is 5.62. The van der Waals surface area contributed by atoms with Crippen molar-refractivity contribution in [2.45, 2.75) is 95.9 Å². The van der Waals surface area contributed by atoms with Gasteiger partial charge in [-0.3, -0.25) is 0 Å². The molecule has 0 aromatic carbocycles. The van der Waals surface area contributed by atoms with Gasteiger partial charge in [-0.1, -0.05) is 64.2 Å². The normalized spacial score (nSPS) is 24.7. The van der Waals surface area contributed by atoms with Crippen LogP contribution in [0.1, 0.15) is 89.9 Å². The van der Waals surface area contributed by atoms with Crippen LogP contribution in [0.5, 0.6) is 0 Å². The van der Waals surface area contributed by atoms with Crippen molar-refractivity contribution in [2.75, 3.05) is 6.54 Å². The lowest BCUT2D eigenvalue weighted by Crippen LogP contribution is -2.91. The largest absolute Gasteiger partial charge is 0.545 e. The maximum atomic E-state index is 9.41. The van der Waals surface area contributed by atoms with Crippen LogP contribution in [0.3, 0.4) is 0 Å². The molecular weight excluding hydrogens is 354 g/mol. The summed E-state index contributed by atoms with van der Waals surface area (Å²) in [7, 11) is 0. The average Bonchev–Trinajstić information content (AvgIpc) is 2.73. The number of carboxylic acids is 2. The smallest absolute Gasteiger partial charge is 0.0862 e. The summed E-state index contributed by atoms with van der Waals surface area (Å²) in [5.74, 6) is 0.197. The molecule has 1 heterocycles. The van der Waals surface area contributed by atoms with Gasteiger partial charge in [-0.05, 0) is 49.2 Å². The number of rotatable bonds is 6. The number of aliphatic carboxylic acids is 2. The lowest BCUT2D eigenvalue weighted by Gasteiger charge is -2.39. The van der Waals surface area contributed by atoms with E-state index >= 15 is 0 Å². The predicted molar refractivity (Wildman–Crippen MR) is 105 cm³/mol. The first-order valence-electron chi connectivity index (χ1n) is 11.5. The van der Waals surface area contributed by atoms with Gasteiger partial charge in [-0.25, -0.2) is 0 Å². The van der Waals surface area contributed by atoms with Gasteiger partial charge < -0.3 is 25.1 Å². The van der Waals surface area contributed by atoms with Crippen molar-refractivity contribution in [3.8, 4) is 0 Å². The highest BCUT2D eigenvalue weighted by molar-refractivity contribution is 5.87. The summed E-state index contributed by atoms with van der Waals surface area (Å²) in [6.45, 7) is 1.41. The third-order valence-electron chi connectivity index (χ3n) is 6.97. The van der Waals surface area contributed by atoms with Crippen LogP contribution in [0.2, 0.25) is 0 Å². The minimum atomic E-state index is -1.55. The molecule has 3 aliphatic rings. The zero-order chi connectivity index (χ0) is 20.2. The van der Waals surface area contributed by atoms with Crippen LogP contribution in [0.15, 0.2) is 12.2 Å². The Morgan fingerprint density at radius 3 is 1.61 bits per heavy atom. The van der Waals surface area contributed by atoms with E-state index in [9.17, 15) is 19.8 Å². The molecule has 2 saturated carbocycles. The quantitative estimate of drug-likeness (QED) is 0.689. The van der Waals surface area contributed by atoms with Crippen LogP contribution in [-0.2, 0) is 9.59 Å². The Labute approximate surface area is 170 Å². The number of hydrogen-bond donors (Lipinski definition) is 1. The number of carbonyl (C=O) groups excluding carboxylic acids is 2. The van der Waals surface area contributed by atoms with E-state index in [1.54, 1.807) is 32.1 Å². The molecule has 1 atom stereocenters. The molecule has 160 valence electrons. The SMILES string of the molecule is C1CCC(C(CC2CCCC[NH2+]2)C2CCCCC2)CC1.O=C([O-])/C=C\C(=O)[O-]. The first kappa shape index (κ1) is 22.9. The van der Waals surface area contributed by atoms with Gasteiger partial charge in [0.25, 0.3) is 0 Å². The summed E-state index contributed by atoms with van der Waals surface area (Å²) in [6, 6.07) is 0.984. The number of carboxylic acid groups (broad SMARTS) is 2. The number of quaternary nitrogens is 1. The van der Waals surface area contributed by atoms with E-state index in [4.69, 9.17) is 0 Å². The van der Waals surface area contributed by atoms with E-state index < -0.39 is 11.9 Å². The van der Waals surface area contributed by atoms with Crippen LogP contribution in [0.4, 0.5) is 0 Å². The predicted octanol–water partition coefficient (Wildman–Crippen LogP) is 1.31. The van der Waals surface area contributed by atoms with E-state index in [1.807, 2.05) is 0 Å². The molecule has 0 amide bonds. The highest BCUT2D eigenvalue weighted by Gasteiger charge is 2.34. The van der Waals surface area contributed by atoms with Crippen molar-refractivity contribution in [2.24, 2.45) is 17.8 Å². The van der Waals surface area contributed by atoms with Crippen molar-refractivity contribution in [3.05, 3.63) is 12.2 Å². The fourth-order valence-electron chi connectivity index (χ4n) is 5.62. The van der Waals surface area contributed by atoms with Gasteiger partial charge in [0.1, 0.15) is 0 Å². The molecule has 2 N–H and O–H groups in total. The highest BCUT2D eigenvalue weighted by Crippen LogP contribution is 2.42. The Balaban J connectivity index is 0.000000300. The highest BCUT2D eigenvalue weighted by atomic mass is 16.4. The van der Waals surface area contributed by atoms with Gasteiger partial charge in [0.2, 0.25) is 0 Å². The van der Waals surface area contributed by atoms with Gasteiger partial charge in [-0.2, -0.15) is 0 Å². The topological polar surface area (TPSA) is 96.9 Å². The molecule has 0 bridgehead atoms. The Bertz CT molecular complexity index is 453. The van der Waals surface area contributed by atoms with E-state index in [-0.39, 0.29) is 0 Å². The van der Waals surface area contributed by atoms with Crippen molar-refractivity contribution in [1.82, 2.24) is 0 Å². The van der Waals surface area contributed by atoms with Gasteiger partial charge in [-0.15, -0.1) is 0 Å². The molecule has 0 spiro atoms. The van der Waals surface area contributed by atoms with Gasteiger partial charge in [0.15, 0.2) is 0 Å². The molecule has 5 heteroatoms. The molecule has 5 nitrogen and oxygen atoms in total. The summed E-state index contributed by atoms with van der Waals surface area (Å²) < 4.78 is 0. The summed E-state index contributed by atoms with van der Waals surface area (Å²) in [4.78, 5) is 18.8. The van der Waals surface area contributed by atoms with Crippen molar-refractivity contribution < 1.29 is 25.1 Å². The van der Waals surface area contributed by atoms with Crippen molar-refractivity contribution in [3.63, 3.8) is 0 Å². The number of piperidine rings is 1. The third-order valence-corrected chi connectivity index (χ3v) is 6.97. The lowest BCUT2D eigenvalue weighted by molar-refractivity contribution is -0.699. The second-order valence-electron chi connectivity index (χ2n) is 8.95. The van der Waals surface area contributed by atoms with Gasteiger partial charge in [0, 0.05) is 6.42 Å². The molecular formula is C23H38NO4-. The Morgan fingerprint density at radius 2 is 1.21 bits per heavy atom. The molecule has 0 aromatic heterocycles. The van der Waals surface area contributed by atoms with Crippen molar-refractivity contribution in [1.29, 1.82) is 0 Å². The zero-order valence-corrected chi connectivity index (χ0v) is 17.3. The molecule has 1 aliphatic heterocycles. The van der Waals surface area contributed by atoms with Crippen LogP contribution >= 0.6 is 0 Å². The van der Waals surface area contributed by atoms with Crippen LogP contribution in [0.25, 0.3) is 0 Å². The molecule has 3 rings (SSSR count). The van der Waals surface area contributed by atoms with Gasteiger partial charge in [0.05, 0.1) is 24.5 Å². The van der Waals surface area contributed by atoms with Crippen LogP contribution < -0.4 is 15.5 Å². The maximum Gasteiger partial charge on any atom is 0.0862 e. The Hall–Kier alpha value is -1.36. The minimum absolute atomic E-state index is 0.384. The molecule has 0 radical (unpaired) electrons. The molecule has 3 fully saturated rings. The number of carbonyl (C=O) groups is 2. The Kier molecular flexibility index (Phi) is 10.6. The number of hydrogen-bond acceptors (Lipinski definition) is 4. The van der Waals surface area contributed by atoms with E-state index in [2.05, 4.69) is 5.32 Å². The van der Waals surface area contributed by atoms with Gasteiger partial charge >= 0.3 is 0 Å². The maximum absolute atomic E-state index is 9.41. The second-order valence-corrected chi connectivity index (χ2v) is 8.95. The molecule has 1 unspecified atom stereocenters. The van der Waals surface area contributed by atoms with E-state index in [1.165, 1.54) is 64.3 Å². The third kappa shape index (κ3) is 8.76. The standard InChI is InChI=1S/C19H35N.C4H4O4/c1-3-9-16(10-4-1)19(17-11-5-2-6-12-17)15-18-13-7-8-14-20-18;5-3(6)1-2-4(7)8/h16-20H,1-15H2;1-2H,(H,5,6)(H,7,8)/p-1/b;2-1-. The second kappa shape index (κ2) is 13.0. The molecule has 28 heavy (non-hydrogen) atoms. The lowest BCUT2D eigenvalue weighted by atomic mass is 9.67. The minimum Gasteiger partial charge on any atom is -0.545 e. The summed E-state index contributed by atoms with van der Waals surface area (Å²) in [5, 5.41) is 21.5. The first-order chi connectivity index (χ1) is 13.6. The van der Waals surface area contributed by atoms with Crippen LogP contribution in [0, 0.1) is 17.8 Å². The zero-order valence-electron chi connectivity index (χ0n) is 17.3. The molecule has 1 saturated heterocycles. The molecule has 2 aliphatic carbocycles. The summed E-state index contributed by atoms with van der Waals surface area (Å²) in [6.07, 6.45) is 22.2. The summed E-state index contributed by atoms with van der Waals surface area (Å²) >= 11 is 0. The summed E-state index contributed by atoms with van der Waals surface area (Å²) in [5.41, 5.74) is 0. The van der Waals surface area contributed by atoms with E-state index in [0.29, 0.717) is 12.2 Å². The van der Waals surface area contributed by atoms with Crippen molar-refractivity contribution >= 4 is 11.9 Å². The van der Waals surface area contributed by atoms with Crippen LogP contribution in [-0.4, -0.2) is 24.5 Å². The fraction of sp³-hybridized carbons (Fsp3) is 0.826. The number of nitrogens with two attached hydrogens (primary N) is 1. The van der Waals surface area contributed by atoms with E-state index in [0.717, 1.165) is 23.8 Å². The monoisotopic (exact) mass is 392 g/mol. The first-order valence-corrected chi connectivity index (χ1v) is 11.5. The average molecular weight is 393 g/mol. The Morgan fingerprint density at radius 1 is 0.750 bits per heavy atom. The molecule has 0 aromatic rings.